The first-order chi connectivity index (χ1) is 15.0. The van der Waals surface area contributed by atoms with Crippen molar-refractivity contribution >= 4 is 45.3 Å². The molecule has 4 aromatic rings. The lowest BCUT2D eigenvalue weighted by Gasteiger charge is -2.07. The zero-order valence-electron chi connectivity index (χ0n) is 16.4. The molecule has 0 aliphatic rings. The van der Waals surface area contributed by atoms with Gasteiger partial charge in [0.2, 0.25) is 0 Å². The Kier molecular flexibility index (Phi) is 6.26. The van der Waals surface area contributed by atoms with Gasteiger partial charge in [-0.3, -0.25) is 9.89 Å². The van der Waals surface area contributed by atoms with Gasteiger partial charge in [0, 0.05) is 16.7 Å². The van der Waals surface area contributed by atoms with Crippen LogP contribution in [0.25, 0.3) is 11.0 Å². The van der Waals surface area contributed by atoms with E-state index >= 15 is 0 Å². The molecular weight excluding hydrogens is 514 g/mol. The summed E-state index contributed by atoms with van der Waals surface area (Å²) < 4.78 is 19.1. The molecule has 0 aliphatic heterocycles. The summed E-state index contributed by atoms with van der Waals surface area (Å²) in [7, 11) is 1.62. The number of ether oxygens (including phenoxy) is 1. The van der Waals surface area contributed by atoms with Crippen molar-refractivity contribution in [2.24, 2.45) is 0 Å². The summed E-state index contributed by atoms with van der Waals surface area (Å²) >= 11 is 1.91. The van der Waals surface area contributed by atoms with Gasteiger partial charge in [-0.05, 0) is 58.0 Å². The zero-order chi connectivity index (χ0) is 21.8. The number of benzene rings is 2. The Morgan fingerprint density at radius 1 is 1.13 bits per heavy atom. The third-order valence-corrected chi connectivity index (χ3v) is 5.45. The fourth-order valence-corrected chi connectivity index (χ4v) is 3.56. The standard InChI is InChI=1S/C21H18FIN6O2/c1-31-14-5-2-12(3-6-14)9-24-20-18-17(28-29-20)19(27-11-26-18)21(30)25-10-13-4-7-15(22)16(23)8-13/h2-8,11H,9-10H2,1H3,(H,25,30)(H2,24,28,29). The molecule has 0 saturated carbocycles. The SMILES string of the molecule is COc1ccc(CNc2n[nH]c3c(C(=O)NCc4ccc(F)c(I)c4)ncnc23)cc1. The Balaban J connectivity index is 1.46. The Morgan fingerprint density at radius 3 is 2.65 bits per heavy atom. The third kappa shape index (κ3) is 4.74. The molecule has 0 fully saturated rings. The van der Waals surface area contributed by atoms with Crippen molar-refractivity contribution in [2.75, 3.05) is 12.4 Å². The van der Waals surface area contributed by atoms with Crippen LogP contribution in [0.5, 0.6) is 5.75 Å². The number of rotatable bonds is 7. The molecule has 0 radical (unpaired) electrons. The van der Waals surface area contributed by atoms with Gasteiger partial charge in [0.1, 0.15) is 28.9 Å². The molecule has 0 saturated heterocycles. The molecule has 4 rings (SSSR count). The summed E-state index contributed by atoms with van der Waals surface area (Å²) in [6.07, 6.45) is 1.33. The number of amides is 1. The Bertz CT molecular complexity index is 1230. The van der Waals surface area contributed by atoms with E-state index in [0.717, 1.165) is 16.9 Å². The summed E-state index contributed by atoms with van der Waals surface area (Å²) in [5, 5.41) is 13.1. The van der Waals surface area contributed by atoms with Crippen molar-refractivity contribution in [1.29, 1.82) is 0 Å². The molecule has 8 nitrogen and oxygen atoms in total. The molecule has 0 atom stereocenters. The Labute approximate surface area is 190 Å². The number of H-pyrrole nitrogens is 1. The van der Waals surface area contributed by atoms with E-state index in [4.69, 9.17) is 4.74 Å². The van der Waals surface area contributed by atoms with E-state index in [2.05, 4.69) is 30.8 Å². The first kappa shape index (κ1) is 21.0. The number of aromatic amines is 1. The predicted molar refractivity (Wildman–Crippen MR) is 122 cm³/mol. The lowest BCUT2D eigenvalue weighted by Crippen LogP contribution is -2.24. The van der Waals surface area contributed by atoms with Crippen LogP contribution in [-0.2, 0) is 13.1 Å². The minimum absolute atomic E-state index is 0.187. The predicted octanol–water partition coefficient (Wildman–Crippen LogP) is 3.65. The minimum atomic E-state index is -0.378. The maximum atomic E-state index is 13.4. The van der Waals surface area contributed by atoms with Gasteiger partial charge >= 0.3 is 0 Å². The number of halogens is 2. The van der Waals surface area contributed by atoms with Crippen LogP contribution in [0.4, 0.5) is 10.2 Å². The normalized spacial score (nSPS) is 10.8. The molecule has 10 heteroatoms. The van der Waals surface area contributed by atoms with Gasteiger partial charge in [-0.15, -0.1) is 0 Å². The van der Waals surface area contributed by atoms with Crippen LogP contribution in [0.2, 0.25) is 0 Å². The second-order valence-electron chi connectivity index (χ2n) is 6.65. The van der Waals surface area contributed by atoms with E-state index in [1.165, 1.54) is 12.4 Å². The number of hydrogen-bond donors (Lipinski definition) is 3. The second kappa shape index (κ2) is 9.25. The molecular formula is C21H18FIN6O2. The van der Waals surface area contributed by atoms with Crippen LogP contribution >= 0.6 is 22.6 Å². The number of fused-ring (bicyclic) bond motifs is 1. The average Bonchev–Trinajstić information content (AvgIpc) is 3.22. The van der Waals surface area contributed by atoms with E-state index in [9.17, 15) is 9.18 Å². The summed E-state index contributed by atoms with van der Waals surface area (Å²) in [6.45, 7) is 0.774. The van der Waals surface area contributed by atoms with Crippen molar-refractivity contribution in [1.82, 2.24) is 25.5 Å². The number of nitrogens with zero attached hydrogens (tertiary/aromatic N) is 3. The monoisotopic (exact) mass is 532 g/mol. The maximum absolute atomic E-state index is 13.4. The molecule has 1 amide bonds. The largest absolute Gasteiger partial charge is 0.497 e. The first-order valence-corrected chi connectivity index (χ1v) is 10.4. The van der Waals surface area contributed by atoms with Crippen LogP contribution in [0.3, 0.4) is 0 Å². The van der Waals surface area contributed by atoms with Gasteiger partial charge < -0.3 is 15.4 Å². The van der Waals surface area contributed by atoms with Gasteiger partial charge in [0.15, 0.2) is 11.5 Å². The molecule has 31 heavy (non-hydrogen) atoms. The van der Waals surface area contributed by atoms with Gasteiger partial charge in [0.25, 0.3) is 5.91 Å². The van der Waals surface area contributed by atoms with Crippen LogP contribution < -0.4 is 15.4 Å². The number of carbonyl (C=O) groups is 1. The molecule has 0 bridgehead atoms. The van der Waals surface area contributed by atoms with Crippen molar-refractivity contribution < 1.29 is 13.9 Å². The smallest absolute Gasteiger partial charge is 0.272 e. The van der Waals surface area contributed by atoms with Crippen molar-refractivity contribution in [3.63, 3.8) is 0 Å². The Hall–Kier alpha value is -3.28. The summed E-state index contributed by atoms with van der Waals surface area (Å²) in [6, 6.07) is 12.4. The molecule has 158 valence electrons. The Morgan fingerprint density at radius 2 is 1.90 bits per heavy atom. The van der Waals surface area contributed by atoms with Crippen LogP contribution in [0.1, 0.15) is 21.6 Å². The van der Waals surface area contributed by atoms with Gasteiger partial charge in [-0.2, -0.15) is 5.10 Å². The number of methoxy groups -OCH3 is 1. The molecule has 3 N–H and O–H groups in total. The summed E-state index contributed by atoms with van der Waals surface area (Å²) in [5.74, 6) is 0.639. The number of carbonyl (C=O) groups excluding carboxylic acids is 1. The fraction of sp³-hybridized carbons (Fsp3) is 0.143. The lowest BCUT2D eigenvalue weighted by atomic mass is 10.2. The number of nitrogens with one attached hydrogen (secondary N) is 3. The van der Waals surface area contributed by atoms with E-state index in [0.29, 0.717) is 27.0 Å². The number of aromatic nitrogens is 4. The fourth-order valence-electron chi connectivity index (χ4n) is 2.98. The maximum Gasteiger partial charge on any atom is 0.272 e. The highest BCUT2D eigenvalue weighted by Crippen LogP contribution is 2.21. The molecule has 0 unspecified atom stereocenters. The van der Waals surface area contributed by atoms with Gasteiger partial charge in [0.05, 0.1) is 7.11 Å². The minimum Gasteiger partial charge on any atom is -0.497 e. The van der Waals surface area contributed by atoms with Crippen molar-refractivity contribution in [3.05, 3.63) is 75.0 Å². The van der Waals surface area contributed by atoms with E-state index in [-0.39, 0.29) is 24.0 Å². The van der Waals surface area contributed by atoms with Crippen LogP contribution in [0, 0.1) is 9.39 Å². The summed E-state index contributed by atoms with van der Waals surface area (Å²) in [5.41, 5.74) is 2.97. The summed E-state index contributed by atoms with van der Waals surface area (Å²) in [4.78, 5) is 21.0. The average molecular weight is 532 g/mol. The van der Waals surface area contributed by atoms with Gasteiger partial charge in [-0.25, -0.2) is 14.4 Å². The van der Waals surface area contributed by atoms with Crippen LogP contribution in [0.15, 0.2) is 48.8 Å². The third-order valence-electron chi connectivity index (χ3n) is 4.62. The zero-order valence-corrected chi connectivity index (χ0v) is 18.6. The van der Waals surface area contributed by atoms with E-state index in [1.54, 1.807) is 19.2 Å². The second-order valence-corrected chi connectivity index (χ2v) is 7.81. The van der Waals surface area contributed by atoms with Crippen LogP contribution in [-0.4, -0.2) is 33.2 Å². The lowest BCUT2D eigenvalue weighted by molar-refractivity contribution is 0.0947. The highest BCUT2D eigenvalue weighted by atomic mass is 127. The van der Waals surface area contributed by atoms with E-state index in [1.807, 2.05) is 46.9 Å². The highest BCUT2D eigenvalue weighted by molar-refractivity contribution is 14.1. The molecule has 2 heterocycles. The van der Waals surface area contributed by atoms with Gasteiger partial charge in [-0.1, -0.05) is 18.2 Å². The topological polar surface area (TPSA) is 105 Å². The highest BCUT2D eigenvalue weighted by Gasteiger charge is 2.17. The van der Waals surface area contributed by atoms with Crippen molar-refractivity contribution in [3.8, 4) is 5.75 Å². The van der Waals surface area contributed by atoms with Crippen molar-refractivity contribution in [2.45, 2.75) is 13.1 Å². The molecule has 0 aliphatic carbocycles. The molecule has 2 aromatic heterocycles. The molecule has 2 aromatic carbocycles. The molecule has 0 spiro atoms. The number of anilines is 1. The quantitative estimate of drug-likeness (QED) is 0.314. The first-order valence-electron chi connectivity index (χ1n) is 9.33. The number of hydrogen-bond acceptors (Lipinski definition) is 6. The van der Waals surface area contributed by atoms with E-state index < -0.39 is 0 Å².